The molecule has 0 bridgehead atoms. The van der Waals surface area contributed by atoms with Crippen molar-refractivity contribution in [3.63, 3.8) is 0 Å². The number of para-hydroxylation sites is 1. The summed E-state index contributed by atoms with van der Waals surface area (Å²) in [5, 5.41) is 5.54. The number of benzene rings is 1. The molecule has 1 aromatic carbocycles. The molecule has 0 saturated heterocycles. The van der Waals surface area contributed by atoms with Gasteiger partial charge in [0.05, 0.1) is 16.9 Å². The molecule has 0 aliphatic carbocycles. The number of nitrogens with two attached hydrogens (primary N) is 1. The minimum Gasteiger partial charge on any atom is -0.325 e. The third-order valence-corrected chi connectivity index (χ3v) is 2.94. The van der Waals surface area contributed by atoms with E-state index in [0.717, 1.165) is 28.0 Å². The fourth-order valence-corrected chi connectivity index (χ4v) is 2.02. The van der Waals surface area contributed by atoms with E-state index in [2.05, 4.69) is 22.2 Å². The van der Waals surface area contributed by atoms with Crippen LogP contribution in [0, 0.1) is 6.92 Å². The predicted molar refractivity (Wildman–Crippen MR) is 71.5 cm³/mol. The van der Waals surface area contributed by atoms with Crippen LogP contribution in [0.15, 0.2) is 42.6 Å². The predicted octanol–water partition coefficient (Wildman–Crippen LogP) is 2.19. The lowest BCUT2D eigenvalue weighted by molar-refractivity contribution is 0.836. The number of hydrogen-bond donors (Lipinski definition) is 1. The van der Waals surface area contributed by atoms with Crippen LogP contribution in [-0.2, 0) is 6.54 Å². The van der Waals surface area contributed by atoms with Crippen LogP contribution in [-0.4, -0.2) is 14.8 Å². The Balaban J connectivity index is 2.24. The van der Waals surface area contributed by atoms with Crippen molar-refractivity contribution in [2.24, 2.45) is 5.73 Å². The van der Waals surface area contributed by atoms with Crippen molar-refractivity contribution >= 4 is 10.9 Å². The third-order valence-electron chi connectivity index (χ3n) is 2.94. The molecule has 0 spiro atoms. The maximum absolute atomic E-state index is 5.59. The van der Waals surface area contributed by atoms with Crippen LogP contribution < -0.4 is 5.73 Å². The topological polar surface area (TPSA) is 56.7 Å². The highest BCUT2D eigenvalue weighted by molar-refractivity contribution is 5.86. The molecule has 3 rings (SSSR count). The molecule has 0 amide bonds. The molecule has 0 unspecified atom stereocenters. The van der Waals surface area contributed by atoms with Gasteiger partial charge in [0.15, 0.2) is 0 Å². The van der Waals surface area contributed by atoms with Gasteiger partial charge in [-0.25, -0.2) is 4.68 Å². The smallest absolute Gasteiger partial charge is 0.0962 e. The van der Waals surface area contributed by atoms with Crippen molar-refractivity contribution in [2.45, 2.75) is 13.5 Å². The Morgan fingerprint density at radius 2 is 2.06 bits per heavy atom. The summed E-state index contributed by atoms with van der Waals surface area (Å²) in [6.45, 7) is 2.44. The van der Waals surface area contributed by atoms with Crippen molar-refractivity contribution in [3.05, 3.63) is 54.0 Å². The zero-order valence-electron chi connectivity index (χ0n) is 10.2. The first-order valence-corrected chi connectivity index (χ1v) is 5.89. The second-order valence-corrected chi connectivity index (χ2v) is 4.26. The molecule has 0 aliphatic rings. The largest absolute Gasteiger partial charge is 0.325 e. The number of aryl methyl sites for hydroxylation is 1. The second-order valence-electron chi connectivity index (χ2n) is 4.26. The van der Waals surface area contributed by atoms with Gasteiger partial charge in [0.1, 0.15) is 0 Å². The fraction of sp³-hybridized carbons (Fsp3) is 0.143. The number of nitrogens with zero attached hydrogens (tertiary/aromatic N) is 3. The van der Waals surface area contributed by atoms with Gasteiger partial charge < -0.3 is 5.73 Å². The molecule has 0 fully saturated rings. The summed E-state index contributed by atoms with van der Waals surface area (Å²) in [5.41, 5.74) is 9.41. The highest BCUT2D eigenvalue weighted by Crippen LogP contribution is 2.20. The average molecular weight is 238 g/mol. The van der Waals surface area contributed by atoms with E-state index in [1.165, 1.54) is 0 Å². The SMILES string of the molecule is Cc1ccc2cccc(-n3ccc(CN)n3)c2n1. The Kier molecular flexibility index (Phi) is 2.57. The average Bonchev–Trinajstić information content (AvgIpc) is 2.86. The Morgan fingerprint density at radius 3 is 2.83 bits per heavy atom. The van der Waals surface area contributed by atoms with Crippen LogP contribution in [0.1, 0.15) is 11.4 Å². The first-order valence-electron chi connectivity index (χ1n) is 5.89. The van der Waals surface area contributed by atoms with E-state index in [9.17, 15) is 0 Å². The summed E-state index contributed by atoms with van der Waals surface area (Å²) < 4.78 is 1.83. The van der Waals surface area contributed by atoms with E-state index in [0.29, 0.717) is 6.54 Å². The molecule has 0 radical (unpaired) electrons. The van der Waals surface area contributed by atoms with Gasteiger partial charge in [-0.15, -0.1) is 0 Å². The van der Waals surface area contributed by atoms with E-state index < -0.39 is 0 Å². The molecule has 18 heavy (non-hydrogen) atoms. The van der Waals surface area contributed by atoms with Crippen molar-refractivity contribution < 1.29 is 0 Å². The molecule has 2 heterocycles. The number of rotatable bonds is 2. The number of hydrogen-bond acceptors (Lipinski definition) is 3. The van der Waals surface area contributed by atoms with Crippen molar-refractivity contribution in [2.75, 3.05) is 0 Å². The van der Waals surface area contributed by atoms with Crippen LogP contribution in [0.25, 0.3) is 16.6 Å². The Morgan fingerprint density at radius 1 is 1.17 bits per heavy atom. The lowest BCUT2D eigenvalue weighted by Crippen LogP contribution is -2.01. The van der Waals surface area contributed by atoms with Gasteiger partial charge in [-0.2, -0.15) is 5.10 Å². The van der Waals surface area contributed by atoms with Gasteiger partial charge in [0.25, 0.3) is 0 Å². The van der Waals surface area contributed by atoms with Gasteiger partial charge in [-0.1, -0.05) is 18.2 Å². The molecule has 0 aliphatic heterocycles. The summed E-state index contributed by atoms with van der Waals surface area (Å²) in [6, 6.07) is 12.1. The minimum atomic E-state index is 0.449. The summed E-state index contributed by atoms with van der Waals surface area (Å²) >= 11 is 0. The van der Waals surface area contributed by atoms with Crippen molar-refractivity contribution in [1.29, 1.82) is 0 Å². The maximum Gasteiger partial charge on any atom is 0.0962 e. The lowest BCUT2D eigenvalue weighted by Gasteiger charge is -2.06. The summed E-state index contributed by atoms with van der Waals surface area (Å²) in [4.78, 5) is 4.59. The molecule has 2 N–H and O–H groups in total. The minimum absolute atomic E-state index is 0.449. The highest BCUT2D eigenvalue weighted by atomic mass is 15.3. The van der Waals surface area contributed by atoms with Crippen molar-refractivity contribution in [3.8, 4) is 5.69 Å². The Labute approximate surface area is 105 Å². The van der Waals surface area contributed by atoms with Crippen LogP contribution >= 0.6 is 0 Å². The first kappa shape index (κ1) is 10.9. The molecular weight excluding hydrogens is 224 g/mol. The molecule has 4 heteroatoms. The van der Waals surface area contributed by atoms with Crippen molar-refractivity contribution in [1.82, 2.24) is 14.8 Å². The first-order chi connectivity index (χ1) is 8.78. The number of pyridine rings is 1. The standard InChI is InChI=1S/C14H14N4/c1-10-5-6-11-3-2-4-13(14(11)16-10)18-8-7-12(9-15)17-18/h2-8H,9,15H2,1H3. The maximum atomic E-state index is 5.59. The normalized spacial score (nSPS) is 11.0. The van der Waals surface area contributed by atoms with E-state index in [1.54, 1.807) is 0 Å². The van der Waals surface area contributed by atoms with E-state index in [1.807, 2.05) is 42.1 Å². The number of aromatic nitrogens is 3. The zero-order chi connectivity index (χ0) is 12.5. The lowest BCUT2D eigenvalue weighted by atomic mass is 10.2. The summed E-state index contributed by atoms with van der Waals surface area (Å²) in [6.07, 6.45) is 1.92. The van der Waals surface area contributed by atoms with Gasteiger partial charge in [0, 0.05) is 23.8 Å². The second kappa shape index (κ2) is 4.23. The Hall–Kier alpha value is -2.20. The molecule has 0 saturated carbocycles. The Bertz CT molecular complexity index is 700. The zero-order valence-corrected chi connectivity index (χ0v) is 10.2. The van der Waals surface area contributed by atoms with E-state index in [-0.39, 0.29) is 0 Å². The molecular formula is C14H14N4. The fourth-order valence-electron chi connectivity index (χ4n) is 2.02. The molecule has 4 nitrogen and oxygen atoms in total. The van der Waals surface area contributed by atoms with Gasteiger partial charge in [0.2, 0.25) is 0 Å². The molecule has 90 valence electrons. The monoisotopic (exact) mass is 238 g/mol. The van der Waals surface area contributed by atoms with Crippen LogP contribution in [0.5, 0.6) is 0 Å². The summed E-state index contributed by atoms with van der Waals surface area (Å²) in [5.74, 6) is 0. The molecule has 0 atom stereocenters. The number of fused-ring (bicyclic) bond motifs is 1. The van der Waals surface area contributed by atoms with Crippen LogP contribution in [0.2, 0.25) is 0 Å². The van der Waals surface area contributed by atoms with Gasteiger partial charge >= 0.3 is 0 Å². The highest BCUT2D eigenvalue weighted by Gasteiger charge is 2.06. The van der Waals surface area contributed by atoms with E-state index in [4.69, 9.17) is 5.73 Å². The van der Waals surface area contributed by atoms with Gasteiger partial charge in [-0.05, 0) is 25.1 Å². The quantitative estimate of drug-likeness (QED) is 0.744. The van der Waals surface area contributed by atoms with Gasteiger partial charge in [-0.3, -0.25) is 4.98 Å². The molecule has 3 aromatic rings. The third kappa shape index (κ3) is 1.76. The molecule has 2 aromatic heterocycles. The van der Waals surface area contributed by atoms with Crippen LogP contribution in [0.4, 0.5) is 0 Å². The van der Waals surface area contributed by atoms with Crippen LogP contribution in [0.3, 0.4) is 0 Å². The van der Waals surface area contributed by atoms with E-state index >= 15 is 0 Å². The summed E-state index contributed by atoms with van der Waals surface area (Å²) in [7, 11) is 0.